The fraction of sp³-hybridized carbons (Fsp3) is 1.00. The highest BCUT2D eigenvalue weighted by atomic mass is 14.8. The van der Waals surface area contributed by atoms with Gasteiger partial charge >= 0.3 is 0 Å². The van der Waals surface area contributed by atoms with E-state index in [1.165, 1.54) is 0 Å². The minimum atomic E-state index is 0.478. The molecule has 0 aromatic heterocycles. The Bertz CT molecular complexity index is 327. The SMILES string of the molecule is CC(C)C1C(C)C2(C)C(C)C1(C)C(C)C2(C)C. The van der Waals surface area contributed by atoms with Crippen molar-refractivity contribution in [1.29, 1.82) is 0 Å². The maximum atomic E-state index is 2.59. The summed E-state index contributed by atoms with van der Waals surface area (Å²) in [6.07, 6.45) is 0. The Hall–Kier alpha value is 0. The molecule has 100 valence electrons. The molecular weight excluding hydrogens is 204 g/mol. The first kappa shape index (κ1) is 13.4. The summed E-state index contributed by atoms with van der Waals surface area (Å²) in [5.74, 6) is 4.25. The lowest BCUT2D eigenvalue weighted by Crippen LogP contribution is -2.48. The highest BCUT2D eigenvalue weighted by Gasteiger charge is 2.74. The first-order valence-corrected chi connectivity index (χ1v) is 7.54. The van der Waals surface area contributed by atoms with Crippen LogP contribution in [0.25, 0.3) is 0 Å². The van der Waals surface area contributed by atoms with Gasteiger partial charge < -0.3 is 0 Å². The zero-order valence-corrected chi connectivity index (χ0v) is 13.4. The molecule has 2 rings (SSSR count). The Morgan fingerprint density at radius 1 is 0.824 bits per heavy atom. The van der Waals surface area contributed by atoms with E-state index in [1.54, 1.807) is 0 Å². The average Bonchev–Trinajstić information content (AvgIpc) is 2.42. The molecule has 2 fully saturated rings. The topological polar surface area (TPSA) is 0 Å². The zero-order chi connectivity index (χ0) is 13.4. The fourth-order valence-electron chi connectivity index (χ4n) is 6.59. The molecular formula is C17H32. The molecule has 2 aliphatic rings. The van der Waals surface area contributed by atoms with Crippen LogP contribution < -0.4 is 0 Å². The van der Waals surface area contributed by atoms with Crippen molar-refractivity contribution in [3.05, 3.63) is 0 Å². The molecule has 0 nitrogen and oxygen atoms in total. The second kappa shape index (κ2) is 3.31. The van der Waals surface area contributed by atoms with E-state index in [1.807, 2.05) is 0 Å². The average molecular weight is 236 g/mol. The minimum absolute atomic E-state index is 0.478. The van der Waals surface area contributed by atoms with E-state index >= 15 is 0 Å². The zero-order valence-electron chi connectivity index (χ0n) is 13.4. The van der Waals surface area contributed by atoms with Gasteiger partial charge in [-0.3, -0.25) is 0 Å². The molecule has 0 heterocycles. The van der Waals surface area contributed by atoms with E-state index in [0.717, 1.165) is 29.6 Å². The van der Waals surface area contributed by atoms with E-state index in [4.69, 9.17) is 0 Å². The van der Waals surface area contributed by atoms with Crippen LogP contribution >= 0.6 is 0 Å². The molecule has 0 heteroatoms. The van der Waals surface area contributed by atoms with Crippen molar-refractivity contribution in [2.75, 3.05) is 0 Å². The molecule has 17 heavy (non-hydrogen) atoms. The molecule has 2 bridgehead atoms. The molecule has 0 aliphatic heterocycles. The summed E-state index contributed by atoms with van der Waals surface area (Å²) in [6, 6.07) is 0. The van der Waals surface area contributed by atoms with Crippen molar-refractivity contribution in [2.45, 2.75) is 62.3 Å². The molecule has 0 aromatic carbocycles. The third-order valence-electron chi connectivity index (χ3n) is 8.16. The lowest BCUT2D eigenvalue weighted by atomic mass is 9.51. The Labute approximate surface area is 109 Å². The van der Waals surface area contributed by atoms with Crippen molar-refractivity contribution < 1.29 is 0 Å². The molecule has 2 saturated carbocycles. The molecule has 0 aromatic rings. The van der Waals surface area contributed by atoms with Crippen LogP contribution in [0.15, 0.2) is 0 Å². The van der Waals surface area contributed by atoms with Crippen LogP contribution in [0.2, 0.25) is 0 Å². The number of hydrogen-bond acceptors (Lipinski definition) is 0. The number of fused-ring (bicyclic) bond motifs is 2. The second-order valence-corrected chi connectivity index (χ2v) is 8.37. The van der Waals surface area contributed by atoms with Gasteiger partial charge in [0.2, 0.25) is 0 Å². The summed E-state index contributed by atoms with van der Waals surface area (Å²) in [5.41, 5.74) is 1.52. The fourth-order valence-corrected chi connectivity index (χ4v) is 6.59. The lowest BCUT2D eigenvalue weighted by molar-refractivity contribution is -0.0624. The Morgan fingerprint density at radius 3 is 1.65 bits per heavy atom. The van der Waals surface area contributed by atoms with Crippen LogP contribution in [0.1, 0.15) is 62.3 Å². The van der Waals surface area contributed by atoms with Crippen LogP contribution in [0, 0.1) is 45.8 Å². The number of hydrogen-bond donors (Lipinski definition) is 0. The third kappa shape index (κ3) is 1.12. The number of rotatable bonds is 1. The molecule has 2 aliphatic carbocycles. The summed E-state index contributed by atoms with van der Waals surface area (Å²) in [7, 11) is 0. The Morgan fingerprint density at radius 2 is 1.29 bits per heavy atom. The molecule has 6 unspecified atom stereocenters. The van der Waals surface area contributed by atoms with Crippen molar-refractivity contribution >= 4 is 0 Å². The largest absolute Gasteiger partial charge is 0.0625 e. The molecule has 6 atom stereocenters. The minimum Gasteiger partial charge on any atom is -0.0625 e. The molecule has 0 amide bonds. The summed E-state index contributed by atoms with van der Waals surface area (Å²) in [6.45, 7) is 22.6. The summed E-state index contributed by atoms with van der Waals surface area (Å²) in [4.78, 5) is 0. The van der Waals surface area contributed by atoms with Crippen LogP contribution in [0.3, 0.4) is 0 Å². The van der Waals surface area contributed by atoms with Crippen molar-refractivity contribution in [1.82, 2.24) is 0 Å². The highest BCUT2D eigenvalue weighted by Crippen LogP contribution is 2.79. The van der Waals surface area contributed by atoms with Gasteiger partial charge in [0.1, 0.15) is 0 Å². The smallest absolute Gasteiger partial charge is 0.0212 e. The predicted octanol–water partition coefficient (Wildman–Crippen LogP) is 5.23. The lowest BCUT2D eigenvalue weighted by Gasteiger charge is -2.54. The van der Waals surface area contributed by atoms with Crippen LogP contribution in [-0.4, -0.2) is 0 Å². The molecule has 0 saturated heterocycles. The van der Waals surface area contributed by atoms with Gasteiger partial charge in [0.05, 0.1) is 0 Å². The van der Waals surface area contributed by atoms with Crippen LogP contribution in [-0.2, 0) is 0 Å². The van der Waals surface area contributed by atoms with Crippen molar-refractivity contribution in [3.63, 3.8) is 0 Å². The summed E-state index contributed by atoms with van der Waals surface area (Å²) < 4.78 is 0. The van der Waals surface area contributed by atoms with Gasteiger partial charge in [-0.1, -0.05) is 62.3 Å². The van der Waals surface area contributed by atoms with Gasteiger partial charge in [0, 0.05) is 0 Å². The first-order valence-electron chi connectivity index (χ1n) is 7.54. The van der Waals surface area contributed by atoms with Gasteiger partial charge in [0.15, 0.2) is 0 Å². The van der Waals surface area contributed by atoms with E-state index in [-0.39, 0.29) is 0 Å². The third-order valence-corrected chi connectivity index (χ3v) is 8.16. The van der Waals surface area contributed by atoms with Crippen molar-refractivity contribution in [3.8, 4) is 0 Å². The maximum Gasteiger partial charge on any atom is -0.0212 e. The van der Waals surface area contributed by atoms with E-state index in [9.17, 15) is 0 Å². The van der Waals surface area contributed by atoms with Gasteiger partial charge in [-0.25, -0.2) is 0 Å². The second-order valence-electron chi connectivity index (χ2n) is 8.37. The Balaban J connectivity index is 2.61. The van der Waals surface area contributed by atoms with Crippen LogP contribution in [0.5, 0.6) is 0 Å². The van der Waals surface area contributed by atoms with Gasteiger partial charge in [-0.05, 0) is 45.8 Å². The van der Waals surface area contributed by atoms with E-state index in [0.29, 0.717) is 16.2 Å². The van der Waals surface area contributed by atoms with Gasteiger partial charge in [-0.15, -0.1) is 0 Å². The summed E-state index contributed by atoms with van der Waals surface area (Å²) in [5, 5.41) is 0. The quantitative estimate of drug-likeness (QED) is 0.584. The Kier molecular flexibility index (Phi) is 2.61. The summed E-state index contributed by atoms with van der Waals surface area (Å²) >= 11 is 0. The monoisotopic (exact) mass is 236 g/mol. The predicted molar refractivity (Wildman–Crippen MR) is 75.8 cm³/mol. The molecule has 0 N–H and O–H groups in total. The molecule has 0 radical (unpaired) electrons. The molecule has 0 spiro atoms. The normalized spacial score (nSPS) is 56.8. The first-order chi connectivity index (χ1) is 7.54. The van der Waals surface area contributed by atoms with Gasteiger partial charge in [0.25, 0.3) is 0 Å². The highest BCUT2D eigenvalue weighted by molar-refractivity contribution is 5.22. The van der Waals surface area contributed by atoms with Crippen LogP contribution in [0.4, 0.5) is 0 Å². The van der Waals surface area contributed by atoms with Crippen molar-refractivity contribution in [2.24, 2.45) is 45.8 Å². The van der Waals surface area contributed by atoms with E-state index in [2.05, 4.69) is 62.3 Å². The maximum absolute atomic E-state index is 2.59. The van der Waals surface area contributed by atoms with E-state index < -0.39 is 0 Å². The standard InChI is InChI=1S/C17H32/c1-10(2)14-11(3)17(9)13(5)16(14,8)12(4)15(17,6)7/h10-14H,1-9H3. The van der Waals surface area contributed by atoms with Gasteiger partial charge in [-0.2, -0.15) is 0 Å².